The Hall–Kier alpha value is -0.840. The quantitative estimate of drug-likeness (QED) is 0.602. The van der Waals surface area contributed by atoms with Crippen LogP contribution in [0.2, 0.25) is 0 Å². The Bertz CT molecular complexity index is 281. The molecule has 0 aliphatic carbocycles. The highest BCUT2D eigenvalue weighted by Crippen LogP contribution is 2.08. The van der Waals surface area contributed by atoms with Gasteiger partial charge in [-0.15, -0.1) is 0 Å². The molecule has 0 bridgehead atoms. The molecule has 104 valence electrons. The zero-order valence-corrected chi connectivity index (χ0v) is 11.7. The molecule has 0 aromatic carbocycles. The predicted octanol–water partition coefficient (Wildman–Crippen LogP) is 2.89. The predicted molar refractivity (Wildman–Crippen MR) is 71.3 cm³/mol. The van der Waals surface area contributed by atoms with E-state index in [0.29, 0.717) is 13.2 Å². The van der Waals surface area contributed by atoms with Crippen molar-refractivity contribution in [2.75, 3.05) is 26.3 Å². The average Bonchev–Trinajstić information content (AvgIpc) is 2.87. The maximum atomic E-state index is 5.54. The highest BCUT2D eigenvalue weighted by atomic mass is 16.7. The number of rotatable bonds is 10. The average molecular weight is 255 g/mol. The van der Waals surface area contributed by atoms with Crippen molar-refractivity contribution < 1.29 is 13.9 Å². The molecule has 1 heterocycles. The molecular weight excluding hydrogens is 230 g/mol. The smallest absolute Gasteiger partial charge is 0.158 e. The van der Waals surface area contributed by atoms with Crippen LogP contribution in [0.1, 0.15) is 33.0 Å². The second kappa shape index (κ2) is 9.14. The van der Waals surface area contributed by atoms with Crippen molar-refractivity contribution in [1.29, 1.82) is 0 Å². The van der Waals surface area contributed by atoms with E-state index in [4.69, 9.17) is 13.9 Å². The first kappa shape index (κ1) is 15.2. The van der Waals surface area contributed by atoms with Crippen LogP contribution in [0.3, 0.4) is 0 Å². The van der Waals surface area contributed by atoms with Crippen molar-refractivity contribution in [2.24, 2.45) is 0 Å². The summed E-state index contributed by atoms with van der Waals surface area (Å²) in [4.78, 5) is 2.32. The standard InChI is InChI=1S/C14H25NO3/c1-4-15(12-13-8-7-11-18-13)10-9-14(16-5-2)17-6-3/h7-8,11,14H,4-6,9-10,12H2,1-3H3. The molecule has 0 saturated heterocycles. The van der Waals surface area contributed by atoms with Crippen molar-refractivity contribution in [1.82, 2.24) is 4.90 Å². The van der Waals surface area contributed by atoms with E-state index < -0.39 is 0 Å². The molecule has 0 atom stereocenters. The summed E-state index contributed by atoms with van der Waals surface area (Å²) in [5.41, 5.74) is 0. The van der Waals surface area contributed by atoms with Gasteiger partial charge < -0.3 is 13.9 Å². The van der Waals surface area contributed by atoms with Gasteiger partial charge in [0.1, 0.15) is 5.76 Å². The van der Waals surface area contributed by atoms with Gasteiger partial charge in [-0.25, -0.2) is 0 Å². The summed E-state index contributed by atoms with van der Waals surface area (Å²) in [6, 6.07) is 3.93. The van der Waals surface area contributed by atoms with E-state index in [9.17, 15) is 0 Å². The SMILES string of the molecule is CCOC(CCN(CC)Cc1ccco1)OCC. The van der Waals surface area contributed by atoms with Crippen LogP contribution in [-0.4, -0.2) is 37.5 Å². The molecule has 1 aromatic rings. The molecule has 4 heteroatoms. The monoisotopic (exact) mass is 255 g/mol. The Labute approximate surface area is 110 Å². The van der Waals surface area contributed by atoms with Gasteiger partial charge in [-0.1, -0.05) is 6.92 Å². The Balaban J connectivity index is 2.32. The zero-order valence-electron chi connectivity index (χ0n) is 11.7. The van der Waals surface area contributed by atoms with Gasteiger partial charge in [0.2, 0.25) is 0 Å². The number of furan rings is 1. The molecule has 0 saturated carbocycles. The normalized spacial score (nSPS) is 11.6. The molecule has 18 heavy (non-hydrogen) atoms. The van der Waals surface area contributed by atoms with Gasteiger partial charge in [-0.3, -0.25) is 4.90 Å². The van der Waals surface area contributed by atoms with Crippen LogP contribution >= 0.6 is 0 Å². The van der Waals surface area contributed by atoms with E-state index in [1.54, 1.807) is 6.26 Å². The van der Waals surface area contributed by atoms with Gasteiger partial charge in [-0.2, -0.15) is 0 Å². The highest BCUT2D eigenvalue weighted by Gasteiger charge is 2.11. The molecule has 0 amide bonds. The Morgan fingerprint density at radius 1 is 1.22 bits per heavy atom. The van der Waals surface area contributed by atoms with E-state index in [1.165, 1.54) is 0 Å². The lowest BCUT2D eigenvalue weighted by Crippen LogP contribution is -2.29. The molecule has 4 nitrogen and oxygen atoms in total. The minimum atomic E-state index is -0.0920. The summed E-state index contributed by atoms with van der Waals surface area (Å²) in [6.07, 6.45) is 2.51. The molecular formula is C14H25NO3. The van der Waals surface area contributed by atoms with Crippen molar-refractivity contribution in [2.45, 2.75) is 40.0 Å². The number of ether oxygens (including phenoxy) is 2. The molecule has 0 aliphatic heterocycles. The maximum Gasteiger partial charge on any atom is 0.158 e. The Morgan fingerprint density at radius 2 is 1.94 bits per heavy atom. The van der Waals surface area contributed by atoms with Gasteiger partial charge in [0, 0.05) is 26.2 Å². The first-order valence-electron chi connectivity index (χ1n) is 6.78. The number of hydrogen-bond donors (Lipinski definition) is 0. The molecule has 0 fully saturated rings. The fraction of sp³-hybridized carbons (Fsp3) is 0.714. The topological polar surface area (TPSA) is 34.8 Å². The lowest BCUT2D eigenvalue weighted by atomic mass is 10.3. The summed E-state index contributed by atoms with van der Waals surface area (Å²) in [7, 11) is 0. The Morgan fingerprint density at radius 3 is 2.44 bits per heavy atom. The van der Waals surface area contributed by atoms with Crippen LogP contribution in [-0.2, 0) is 16.0 Å². The third kappa shape index (κ3) is 5.67. The Kier molecular flexibility index (Phi) is 7.73. The minimum Gasteiger partial charge on any atom is -0.468 e. The van der Waals surface area contributed by atoms with Crippen molar-refractivity contribution >= 4 is 0 Å². The zero-order chi connectivity index (χ0) is 13.2. The van der Waals surface area contributed by atoms with E-state index in [2.05, 4.69) is 11.8 Å². The fourth-order valence-corrected chi connectivity index (χ4v) is 1.85. The van der Waals surface area contributed by atoms with Crippen molar-refractivity contribution in [3.05, 3.63) is 24.2 Å². The van der Waals surface area contributed by atoms with Gasteiger partial charge in [0.15, 0.2) is 6.29 Å². The third-order valence-corrected chi connectivity index (χ3v) is 2.79. The molecule has 0 N–H and O–H groups in total. The van der Waals surface area contributed by atoms with Crippen LogP contribution in [0.15, 0.2) is 22.8 Å². The molecule has 0 unspecified atom stereocenters. The number of nitrogens with zero attached hydrogens (tertiary/aromatic N) is 1. The second-order valence-electron chi connectivity index (χ2n) is 4.08. The van der Waals surface area contributed by atoms with E-state index in [0.717, 1.165) is 31.8 Å². The number of hydrogen-bond acceptors (Lipinski definition) is 4. The van der Waals surface area contributed by atoms with Gasteiger partial charge >= 0.3 is 0 Å². The summed E-state index contributed by atoms with van der Waals surface area (Å²) in [5, 5.41) is 0. The highest BCUT2D eigenvalue weighted by molar-refractivity contribution is 4.97. The minimum absolute atomic E-state index is 0.0920. The van der Waals surface area contributed by atoms with E-state index in [-0.39, 0.29) is 6.29 Å². The van der Waals surface area contributed by atoms with Crippen molar-refractivity contribution in [3.8, 4) is 0 Å². The molecule has 0 aliphatic rings. The van der Waals surface area contributed by atoms with Crippen molar-refractivity contribution in [3.63, 3.8) is 0 Å². The first-order valence-corrected chi connectivity index (χ1v) is 6.78. The van der Waals surface area contributed by atoms with E-state index >= 15 is 0 Å². The van der Waals surface area contributed by atoms with E-state index in [1.807, 2.05) is 26.0 Å². The first-order chi connectivity index (χ1) is 8.80. The molecule has 0 radical (unpaired) electrons. The third-order valence-electron chi connectivity index (χ3n) is 2.79. The lowest BCUT2D eigenvalue weighted by Gasteiger charge is -2.23. The van der Waals surface area contributed by atoms with Crippen LogP contribution in [0.5, 0.6) is 0 Å². The molecule has 1 rings (SSSR count). The largest absolute Gasteiger partial charge is 0.468 e. The second-order valence-corrected chi connectivity index (χ2v) is 4.08. The summed E-state index contributed by atoms with van der Waals surface area (Å²) >= 11 is 0. The summed E-state index contributed by atoms with van der Waals surface area (Å²) < 4.78 is 16.4. The fourth-order valence-electron chi connectivity index (χ4n) is 1.85. The maximum absolute atomic E-state index is 5.54. The van der Waals surface area contributed by atoms with Crippen LogP contribution in [0.4, 0.5) is 0 Å². The van der Waals surface area contributed by atoms with Crippen LogP contribution in [0.25, 0.3) is 0 Å². The van der Waals surface area contributed by atoms with Gasteiger partial charge in [0.05, 0.1) is 12.8 Å². The lowest BCUT2D eigenvalue weighted by molar-refractivity contribution is -0.141. The van der Waals surface area contributed by atoms with Gasteiger partial charge in [-0.05, 0) is 32.5 Å². The summed E-state index contributed by atoms with van der Waals surface area (Å²) in [6.45, 7) is 10.3. The van der Waals surface area contributed by atoms with Gasteiger partial charge in [0.25, 0.3) is 0 Å². The van der Waals surface area contributed by atoms with Crippen LogP contribution in [0, 0.1) is 0 Å². The van der Waals surface area contributed by atoms with Crippen LogP contribution < -0.4 is 0 Å². The summed E-state index contributed by atoms with van der Waals surface area (Å²) in [5.74, 6) is 1.00. The molecule has 0 spiro atoms. The molecule has 1 aromatic heterocycles.